The van der Waals surface area contributed by atoms with E-state index < -0.39 is 15.1 Å². The predicted molar refractivity (Wildman–Crippen MR) is 73.3 cm³/mol. The van der Waals surface area contributed by atoms with Crippen LogP contribution in [-0.2, 0) is 9.84 Å². The smallest absolute Gasteiger partial charge is 0.163 e. The van der Waals surface area contributed by atoms with Gasteiger partial charge in [-0.1, -0.05) is 17.9 Å². The van der Waals surface area contributed by atoms with Gasteiger partial charge in [0.25, 0.3) is 0 Å². The topological polar surface area (TPSA) is 52.6 Å². The summed E-state index contributed by atoms with van der Waals surface area (Å²) in [6, 6.07) is 5.41. The molecule has 0 bridgehead atoms. The van der Waals surface area contributed by atoms with Crippen LogP contribution in [0.3, 0.4) is 0 Å². The first kappa shape index (κ1) is 13.8. The molecule has 0 N–H and O–H groups in total. The van der Waals surface area contributed by atoms with Crippen molar-refractivity contribution in [3.63, 3.8) is 0 Å². The summed E-state index contributed by atoms with van der Waals surface area (Å²) in [5, 5.41) is -0.615. The molecule has 0 spiro atoms. The van der Waals surface area contributed by atoms with E-state index in [9.17, 15) is 8.42 Å². The number of methoxy groups -OCH3 is 1. The van der Waals surface area contributed by atoms with Crippen molar-refractivity contribution in [2.45, 2.75) is 18.1 Å². The highest BCUT2D eigenvalue weighted by atomic mass is 32.2. The van der Waals surface area contributed by atoms with Gasteiger partial charge in [0.15, 0.2) is 21.3 Å². The minimum absolute atomic E-state index is 0.278. The van der Waals surface area contributed by atoms with Gasteiger partial charge in [-0.15, -0.1) is 0 Å². The zero-order valence-electron chi connectivity index (χ0n) is 11.1. The molecule has 1 aliphatic rings. The highest BCUT2D eigenvalue weighted by Crippen LogP contribution is 2.35. The average Bonchev–Trinajstić information content (AvgIpc) is 2.26. The van der Waals surface area contributed by atoms with Crippen molar-refractivity contribution in [1.29, 1.82) is 0 Å². The zero-order chi connectivity index (χ0) is 14.0. The normalized spacial score (nSPS) is 21.0. The summed E-state index contributed by atoms with van der Waals surface area (Å²) in [6.07, 6.45) is 1.21. The van der Waals surface area contributed by atoms with Crippen molar-refractivity contribution in [2.75, 3.05) is 20.0 Å². The van der Waals surface area contributed by atoms with E-state index >= 15 is 0 Å². The molecule has 4 nitrogen and oxygen atoms in total. The molecule has 2 atom stereocenters. The van der Waals surface area contributed by atoms with Gasteiger partial charge in [0, 0.05) is 6.26 Å². The van der Waals surface area contributed by atoms with Crippen LogP contribution < -0.4 is 9.47 Å². The van der Waals surface area contributed by atoms with Crippen molar-refractivity contribution in [3.05, 3.63) is 23.8 Å². The molecule has 0 saturated carbocycles. The van der Waals surface area contributed by atoms with Crippen molar-refractivity contribution in [1.82, 2.24) is 0 Å². The van der Waals surface area contributed by atoms with Crippen LogP contribution in [0.2, 0.25) is 0 Å². The molecule has 0 fully saturated rings. The standard InChI is InChI=1S/C14H16O4S/c1-4-18-13-9-10(5-7-12(13)17-2)11-6-8-14(11)19(3,15)16/h5,7,9,11,14H,4H2,1-3H3. The average molecular weight is 280 g/mol. The molecule has 0 aliphatic heterocycles. The molecule has 0 heterocycles. The van der Waals surface area contributed by atoms with Gasteiger partial charge < -0.3 is 9.47 Å². The molecule has 2 unspecified atom stereocenters. The van der Waals surface area contributed by atoms with Crippen molar-refractivity contribution >= 4 is 9.84 Å². The van der Waals surface area contributed by atoms with Crippen molar-refractivity contribution < 1.29 is 17.9 Å². The lowest BCUT2D eigenvalue weighted by molar-refractivity contribution is 0.310. The molecule has 1 aromatic carbocycles. The third kappa shape index (κ3) is 2.69. The van der Waals surface area contributed by atoms with Crippen LogP contribution in [0.1, 0.15) is 18.4 Å². The molecule has 0 aromatic heterocycles. The van der Waals surface area contributed by atoms with Crippen LogP contribution in [0, 0.1) is 11.8 Å². The summed E-state index contributed by atoms with van der Waals surface area (Å²) >= 11 is 0. The van der Waals surface area contributed by atoms with Crippen molar-refractivity contribution in [2.24, 2.45) is 0 Å². The predicted octanol–water partition coefficient (Wildman–Crippen LogP) is 1.61. The van der Waals surface area contributed by atoms with Crippen LogP contribution in [0.5, 0.6) is 11.5 Å². The molecule has 0 radical (unpaired) electrons. The van der Waals surface area contributed by atoms with E-state index in [1.807, 2.05) is 13.0 Å². The number of sulfone groups is 1. The molecule has 1 aromatic rings. The van der Waals surface area contributed by atoms with Gasteiger partial charge in [-0.2, -0.15) is 0 Å². The number of hydrogen-bond donors (Lipinski definition) is 0. The van der Waals surface area contributed by atoms with E-state index in [-0.39, 0.29) is 5.92 Å². The molecular formula is C14H16O4S. The van der Waals surface area contributed by atoms with Crippen LogP contribution in [0.25, 0.3) is 0 Å². The quantitative estimate of drug-likeness (QED) is 0.769. The summed E-state index contributed by atoms with van der Waals surface area (Å²) in [4.78, 5) is 0. The Labute approximate surface area is 113 Å². The van der Waals surface area contributed by atoms with Crippen molar-refractivity contribution in [3.8, 4) is 23.3 Å². The molecule has 102 valence electrons. The molecule has 19 heavy (non-hydrogen) atoms. The molecule has 5 heteroatoms. The maximum absolute atomic E-state index is 11.6. The van der Waals surface area contributed by atoms with Gasteiger partial charge in [-0.05, 0) is 24.6 Å². The minimum Gasteiger partial charge on any atom is -0.493 e. The SMILES string of the molecule is CCOc1cc(C2C#CC2S(C)(=O)=O)ccc1OC. The molecule has 1 aliphatic carbocycles. The fraction of sp³-hybridized carbons (Fsp3) is 0.429. The molecule has 0 amide bonds. The van der Waals surface area contributed by atoms with E-state index in [4.69, 9.17) is 9.47 Å². The Morgan fingerprint density at radius 1 is 1.26 bits per heavy atom. The first-order valence-electron chi connectivity index (χ1n) is 5.98. The van der Waals surface area contributed by atoms with E-state index in [2.05, 4.69) is 11.8 Å². The van der Waals surface area contributed by atoms with Crippen LogP contribution in [-0.4, -0.2) is 33.6 Å². The van der Waals surface area contributed by atoms with Gasteiger partial charge in [0.1, 0.15) is 5.25 Å². The third-order valence-electron chi connectivity index (χ3n) is 2.99. The maximum Gasteiger partial charge on any atom is 0.163 e. The lowest BCUT2D eigenvalue weighted by atomic mass is 9.90. The summed E-state index contributed by atoms with van der Waals surface area (Å²) in [5.41, 5.74) is 0.846. The molecular weight excluding hydrogens is 264 g/mol. The second-order valence-electron chi connectivity index (χ2n) is 4.36. The Balaban J connectivity index is 2.33. The lowest BCUT2D eigenvalue weighted by Gasteiger charge is -2.24. The summed E-state index contributed by atoms with van der Waals surface area (Å²) < 4.78 is 33.8. The number of hydrogen-bond acceptors (Lipinski definition) is 4. The van der Waals surface area contributed by atoms with E-state index in [1.165, 1.54) is 6.26 Å². The zero-order valence-corrected chi connectivity index (χ0v) is 12.0. The van der Waals surface area contributed by atoms with Gasteiger partial charge in [0.05, 0.1) is 19.6 Å². The molecule has 2 rings (SSSR count). The number of rotatable bonds is 5. The van der Waals surface area contributed by atoms with E-state index in [0.717, 1.165) is 5.56 Å². The first-order chi connectivity index (χ1) is 8.97. The third-order valence-corrected chi connectivity index (χ3v) is 4.30. The summed E-state index contributed by atoms with van der Waals surface area (Å²) in [7, 11) is -1.58. The van der Waals surface area contributed by atoms with Gasteiger partial charge in [-0.25, -0.2) is 8.42 Å². The van der Waals surface area contributed by atoms with Gasteiger partial charge >= 0.3 is 0 Å². The Morgan fingerprint density at radius 3 is 2.47 bits per heavy atom. The Kier molecular flexibility index (Phi) is 3.72. The van der Waals surface area contributed by atoms with Gasteiger partial charge in [-0.3, -0.25) is 0 Å². The Bertz CT molecular complexity index is 637. The first-order valence-corrected chi connectivity index (χ1v) is 7.93. The Morgan fingerprint density at radius 2 is 2.00 bits per heavy atom. The maximum atomic E-state index is 11.6. The molecule has 0 saturated heterocycles. The van der Waals surface area contributed by atoms with Gasteiger partial charge in [0.2, 0.25) is 0 Å². The minimum atomic E-state index is -3.15. The fourth-order valence-corrected chi connectivity index (χ4v) is 3.00. The van der Waals surface area contributed by atoms with Crippen LogP contribution >= 0.6 is 0 Å². The number of ether oxygens (including phenoxy) is 2. The number of benzene rings is 1. The highest BCUT2D eigenvalue weighted by molar-refractivity contribution is 7.91. The summed E-state index contributed by atoms with van der Waals surface area (Å²) in [5.74, 6) is 6.57. The van der Waals surface area contributed by atoms with Crippen LogP contribution in [0.15, 0.2) is 18.2 Å². The van der Waals surface area contributed by atoms with E-state index in [1.54, 1.807) is 19.2 Å². The van der Waals surface area contributed by atoms with Crippen LogP contribution in [0.4, 0.5) is 0 Å². The van der Waals surface area contributed by atoms with E-state index in [0.29, 0.717) is 18.1 Å². The fourth-order valence-electron chi connectivity index (χ4n) is 2.00. The summed E-state index contributed by atoms with van der Waals surface area (Å²) in [6.45, 7) is 2.40. The second kappa shape index (κ2) is 5.14. The second-order valence-corrected chi connectivity index (χ2v) is 6.53. The monoisotopic (exact) mass is 280 g/mol. The lowest BCUT2D eigenvalue weighted by Crippen LogP contribution is -2.31. The Hall–Kier alpha value is -1.67. The largest absolute Gasteiger partial charge is 0.493 e. The highest BCUT2D eigenvalue weighted by Gasteiger charge is 2.34.